The van der Waals surface area contributed by atoms with E-state index in [9.17, 15) is 9.59 Å². The molecule has 0 saturated heterocycles. The Morgan fingerprint density at radius 2 is 1.83 bits per heavy atom. The summed E-state index contributed by atoms with van der Waals surface area (Å²) in [6, 6.07) is 16.6. The molecule has 3 aromatic rings. The number of aryl methyl sites for hydroxylation is 2. The minimum atomic E-state index is -0.354. The molecular weight excluding hydrogens is 380 g/mol. The third-order valence-corrected chi connectivity index (χ3v) is 4.54. The van der Waals surface area contributed by atoms with Gasteiger partial charge in [-0.2, -0.15) is 5.10 Å². The molecule has 0 fully saturated rings. The molecule has 0 aliphatic heterocycles. The quantitative estimate of drug-likeness (QED) is 0.359. The molecule has 0 saturated carbocycles. The van der Waals surface area contributed by atoms with Crippen LogP contribution in [-0.4, -0.2) is 24.7 Å². The average molecular weight is 404 g/mol. The predicted molar refractivity (Wildman–Crippen MR) is 115 cm³/mol. The number of carbonyl (C=O) groups is 2. The zero-order valence-electron chi connectivity index (χ0n) is 17.3. The lowest BCUT2D eigenvalue weighted by Gasteiger charge is -2.05. The van der Waals surface area contributed by atoms with E-state index < -0.39 is 0 Å². The molecule has 0 atom stereocenters. The number of carbonyl (C=O) groups excluding carboxylic acids is 2. The summed E-state index contributed by atoms with van der Waals surface area (Å²) in [5.41, 5.74) is 7.00. The van der Waals surface area contributed by atoms with Gasteiger partial charge in [0.15, 0.2) is 0 Å². The summed E-state index contributed by atoms with van der Waals surface area (Å²) in [7, 11) is 0. The summed E-state index contributed by atoms with van der Waals surface area (Å²) >= 11 is 0. The van der Waals surface area contributed by atoms with Gasteiger partial charge in [-0.3, -0.25) is 4.79 Å². The molecule has 30 heavy (non-hydrogen) atoms. The maximum atomic E-state index is 12.1. The van der Waals surface area contributed by atoms with Crippen molar-refractivity contribution in [1.82, 2.24) is 5.43 Å². The number of esters is 1. The van der Waals surface area contributed by atoms with E-state index in [0.717, 1.165) is 22.3 Å². The third-order valence-electron chi connectivity index (χ3n) is 4.54. The number of hydrazone groups is 1. The molecule has 6 heteroatoms. The number of benzene rings is 2. The van der Waals surface area contributed by atoms with Gasteiger partial charge in [-0.15, -0.1) is 0 Å². The SMILES string of the molecule is CCOC(=O)c1ccc(-c2ccc(/C=N\NC(=O)Cc3cc(C)ccc3C)o2)cc1. The van der Waals surface area contributed by atoms with Crippen molar-refractivity contribution in [3.8, 4) is 11.3 Å². The lowest BCUT2D eigenvalue weighted by Crippen LogP contribution is -2.20. The molecule has 0 bridgehead atoms. The smallest absolute Gasteiger partial charge is 0.338 e. The first-order chi connectivity index (χ1) is 14.5. The van der Waals surface area contributed by atoms with Crippen molar-refractivity contribution in [2.45, 2.75) is 27.2 Å². The monoisotopic (exact) mass is 404 g/mol. The van der Waals surface area contributed by atoms with E-state index in [2.05, 4.69) is 10.5 Å². The molecule has 2 aromatic carbocycles. The molecule has 154 valence electrons. The minimum Gasteiger partial charge on any atom is -0.462 e. The first kappa shape index (κ1) is 21.0. The standard InChI is InChI=1S/C24H24N2O4/c1-4-29-24(28)19-9-7-18(8-10-19)22-12-11-21(30-22)15-25-26-23(27)14-20-13-16(2)5-6-17(20)3/h5-13,15H,4,14H2,1-3H3,(H,26,27)/b25-15-. The summed E-state index contributed by atoms with van der Waals surface area (Å²) < 4.78 is 10.7. The highest BCUT2D eigenvalue weighted by Crippen LogP contribution is 2.22. The number of furan rings is 1. The van der Waals surface area contributed by atoms with Gasteiger partial charge in [0.1, 0.15) is 11.5 Å². The Kier molecular flexibility index (Phi) is 6.80. The van der Waals surface area contributed by atoms with E-state index >= 15 is 0 Å². The number of rotatable bonds is 7. The molecule has 1 N–H and O–H groups in total. The maximum Gasteiger partial charge on any atom is 0.338 e. The van der Waals surface area contributed by atoms with E-state index in [1.807, 2.05) is 32.0 Å². The number of amides is 1. The predicted octanol–water partition coefficient (Wildman–Crippen LogP) is 4.43. The highest BCUT2D eigenvalue weighted by Gasteiger charge is 2.09. The molecule has 6 nitrogen and oxygen atoms in total. The number of nitrogens with one attached hydrogen (secondary N) is 1. The number of hydrogen-bond acceptors (Lipinski definition) is 5. The average Bonchev–Trinajstić information content (AvgIpc) is 3.20. The fourth-order valence-corrected chi connectivity index (χ4v) is 2.93. The zero-order valence-corrected chi connectivity index (χ0v) is 17.3. The summed E-state index contributed by atoms with van der Waals surface area (Å²) in [6.07, 6.45) is 1.72. The van der Waals surface area contributed by atoms with E-state index in [-0.39, 0.29) is 18.3 Å². The summed E-state index contributed by atoms with van der Waals surface area (Å²) in [5.74, 6) is 0.592. The molecule has 1 heterocycles. The van der Waals surface area contributed by atoms with Gasteiger partial charge < -0.3 is 9.15 Å². The molecule has 1 aromatic heterocycles. The van der Waals surface area contributed by atoms with E-state index in [4.69, 9.17) is 9.15 Å². The Bertz CT molecular complexity index is 1070. The molecule has 0 spiro atoms. The Hall–Kier alpha value is -3.67. The number of nitrogens with zero attached hydrogens (tertiary/aromatic N) is 1. The minimum absolute atomic E-state index is 0.193. The first-order valence-electron chi connectivity index (χ1n) is 9.71. The van der Waals surface area contributed by atoms with Crippen LogP contribution in [0.1, 0.15) is 39.7 Å². The Balaban J connectivity index is 1.58. The van der Waals surface area contributed by atoms with Gasteiger partial charge in [-0.1, -0.05) is 35.9 Å². The van der Waals surface area contributed by atoms with Crippen molar-refractivity contribution in [2.24, 2.45) is 5.10 Å². The fourth-order valence-electron chi connectivity index (χ4n) is 2.93. The van der Waals surface area contributed by atoms with Crippen LogP contribution in [-0.2, 0) is 16.0 Å². The van der Waals surface area contributed by atoms with Crippen LogP contribution < -0.4 is 5.43 Å². The molecule has 1 amide bonds. The second-order valence-corrected chi connectivity index (χ2v) is 6.90. The Labute approximate surface area is 175 Å². The maximum absolute atomic E-state index is 12.1. The van der Waals surface area contributed by atoms with Gasteiger partial charge in [-0.05, 0) is 56.2 Å². The fraction of sp³-hybridized carbons (Fsp3) is 0.208. The van der Waals surface area contributed by atoms with Gasteiger partial charge >= 0.3 is 5.97 Å². The third kappa shape index (κ3) is 5.44. The largest absolute Gasteiger partial charge is 0.462 e. The highest BCUT2D eigenvalue weighted by molar-refractivity contribution is 5.90. The van der Waals surface area contributed by atoms with Gasteiger partial charge in [0, 0.05) is 5.56 Å². The van der Waals surface area contributed by atoms with Crippen LogP contribution >= 0.6 is 0 Å². The summed E-state index contributed by atoms with van der Waals surface area (Å²) in [5, 5.41) is 3.98. The van der Waals surface area contributed by atoms with E-state index in [1.54, 1.807) is 43.3 Å². The lowest BCUT2D eigenvalue weighted by molar-refractivity contribution is -0.120. The van der Waals surface area contributed by atoms with Crippen molar-refractivity contribution in [2.75, 3.05) is 6.61 Å². The van der Waals surface area contributed by atoms with Crippen LogP contribution in [0.4, 0.5) is 0 Å². The van der Waals surface area contributed by atoms with E-state index in [1.165, 1.54) is 6.21 Å². The van der Waals surface area contributed by atoms with Crippen LogP contribution in [0.25, 0.3) is 11.3 Å². The first-order valence-corrected chi connectivity index (χ1v) is 9.71. The molecule has 0 aliphatic carbocycles. The van der Waals surface area contributed by atoms with Gasteiger partial charge in [0.05, 0.1) is 24.8 Å². The molecule has 3 rings (SSSR count). The van der Waals surface area contributed by atoms with Crippen LogP contribution in [0, 0.1) is 13.8 Å². The van der Waals surface area contributed by atoms with Crippen molar-refractivity contribution in [3.63, 3.8) is 0 Å². The van der Waals surface area contributed by atoms with Crippen molar-refractivity contribution in [3.05, 3.63) is 82.6 Å². The van der Waals surface area contributed by atoms with Crippen LogP contribution in [0.2, 0.25) is 0 Å². The molecule has 0 radical (unpaired) electrons. The van der Waals surface area contributed by atoms with Crippen molar-refractivity contribution >= 4 is 18.1 Å². The second-order valence-electron chi connectivity index (χ2n) is 6.90. The normalized spacial score (nSPS) is 10.9. The van der Waals surface area contributed by atoms with Gasteiger partial charge in [0.25, 0.3) is 0 Å². The van der Waals surface area contributed by atoms with Crippen LogP contribution in [0.15, 0.2) is 64.1 Å². The van der Waals surface area contributed by atoms with E-state index in [0.29, 0.717) is 23.7 Å². The zero-order chi connectivity index (χ0) is 21.5. The highest BCUT2D eigenvalue weighted by atomic mass is 16.5. The lowest BCUT2D eigenvalue weighted by atomic mass is 10.0. The topological polar surface area (TPSA) is 80.9 Å². The van der Waals surface area contributed by atoms with Crippen LogP contribution in [0.3, 0.4) is 0 Å². The molecular formula is C24H24N2O4. The van der Waals surface area contributed by atoms with Gasteiger partial charge in [0.2, 0.25) is 5.91 Å². The van der Waals surface area contributed by atoms with Crippen molar-refractivity contribution in [1.29, 1.82) is 0 Å². The summed E-state index contributed by atoms with van der Waals surface area (Å²) in [4.78, 5) is 23.9. The summed E-state index contributed by atoms with van der Waals surface area (Å²) in [6.45, 7) is 6.08. The van der Waals surface area contributed by atoms with Gasteiger partial charge in [-0.25, -0.2) is 10.2 Å². The van der Waals surface area contributed by atoms with Crippen LogP contribution in [0.5, 0.6) is 0 Å². The molecule has 0 unspecified atom stereocenters. The Morgan fingerprint density at radius 1 is 1.07 bits per heavy atom. The number of hydrogen-bond donors (Lipinski definition) is 1. The Morgan fingerprint density at radius 3 is 2.57 bits per heavy atom. The van der Waals surface area contributed by atoms with Crippen molar-refractivity contribution < 1.29 is 18.7 Å². The molecule has 0 aliphatic rings. The number of ether oxygens (including phenoxy) is 1. The second kappa shape index (κ2) is 9.69.